The van der Waals surface area contributed by atoms with Gasteiger partial charge in [0.05, 0.1) is 21.2 Å². The second-order valence-corrected chi connectivity index (χ2v) is 8.22. The minimum Gasteiger partial charge on any atom is -0.319 e. The smallest absolute Gasteiger partial charge is 0.261 e. The maximum absolute atomic E-state index is 14.4. The second kappa shape index (κ2) is 8.18. The second-order valence-electron chi connectivity index (χ2n) is 5.69. The van der Waals surface area contributed by atoms with Crippen molar-refractivity contribution < 1.29 is 17.6 Å². The monoisotopic (exact) mass is 438 g/mol. The van der Waals surface area contributed by atoms with Crippen LogP contribution in [0.5, 0.6) is 0 Å². The zero-order chi connectivity index (χ0) is 20.3. The van der Waals surface area contributed by atoms with Crippen LogP contribution in [0.1, 0.15) is 10.4 Å². The van der Waals surface area contributed by atoms with Gasteiger partial charge in [0.2, 0.25) is 0 Å². The minimum absolute atomic E-state index is 0.105. The van der Waals surface area contributed by atoms with E-state index < -0.39 is 21.7 Å². The zero-order valence-corrected chi connectivity index (χ0v) is 16.4. The van der Waals surface area contributed by atoms with Crippen molar-refractivity contribution in [3.63, 3.8) is 0 Å². The van der Waals surface area contributed by atoms with Gasteiger partial charge in [0.25, 0.3) is 15.9 Å². The minimum atomic E-state index is -3.98. The zero-order valence-electron chi connectivity index (χ0n) is 14.1. The fourth-order valence-corrected chi connectivity index (χ4v) is 3.91. The topological polar surface area (TPSA) is 75.3 Å². The van der Waals surface area contributed by atoms with Gasteiger partial charge in [0, 0.05) is 10.7 Å². The molecule has 0 saturated heterocycles. The van der Waals surface area contributed by atoms with E-state index in [9.17, 15) is 17.6 Å². The van der Waals surface area contributed by atoms with Gasteiger partial charge in [0.15, 0.2) is 0 Å². The highest BCUT2D eigenvalue weighted by Crippen LogP contribution is 2.24. The van der Waals surface area contributed by atoms with Crippen LogP contribution in [-0.4, -0.2) is 14.3 Å². The normalized spacial score (nSPS) is 11.1. The largest absolute Gasteiger partial charge is 0.319 e. The highest BCUT2D eigenvalue weighted by molar-refractivity contribution is 7.92. The highest BCUT2D eigenvalue weighted by Gasteiger charge is 2.18. The Bertz CT molecular complexity index is 1140. The number of halogens is 3. The van der Waals surface area contributed by atoms with Crippen molar-refractivity contribution in [2.24, 2.45) is 0 Å². The summed E-state index contributed by atoms with van der Waals surface area (Å²) in [7, 11) is -3.98. The Morgan fingerprint density at radius 1 is 0.929 bits per heavy atom. The molecule has 0 radical (unpaired) electrons. The molecule has 144 valence electrons. The predicted molar refractivity (Wildman–Crippen MR) is 108 cm³/mol. The lowest BCUT2D eigenvalue weighted by atomic mass is 10.2. The van der Waals surface area contributed by atoms with Crippen LogP contribution in [0.25, 0.3) is 0 Å². The molecule has 0 bridgehead atoms. The van der Waals surface area contributed by atoms with Crippen molar-refractivity contribution in [1.82, 2.24) is 0 Å². The standard InChI is InChI=1S/C19H13Cl2FN2O3S/c20-12-6-8-15(16(21)10-12)19(25)23-18-9-7-14(11-17(18)22)28(26,27)24-13-4-2-1-3-5-13/h1-11,24H,(H,23,25). The van der Waals surface area contributed by atoms with Crippen LogP contribution < -0.4 is 10.0 Å². The molecule has 0 fully saturated rings. The van der Waals surface area contributed by atoms with Crippen molar-refractivity contribution in [2.45, 2.75) is 4.90 Å². The van der Waals surface area contributed by atoms with Crippen LogP contribution in [-0.2, 0) is 10.0 Å². The van der Waals surface area contributed by atoms with Gasteiger partial charge in [-0.2, -0.15) is 0 Å². The van der Waals surface area contributed by atoms with Crippen molar-refractivity contribution >= 4 is 50.5 Å². The molecule has 9 heteroatoms. The maximum Gasteiger partial charge on any atom is 0.261 e. The molecule has 2 N–H and O–H groups in total. The van der Waals surface area contributed by atoms with Crippen LogP contribution in [0.3, 0.4) is 0 Å². The molecule has 28 heavy (non-hydrogen) atoms. The highest BCUT2D eigenvalue weighted by atomic mass is 35.5. The summed E-state index contributed by atoms with van der Waals surface area (Å²) in [4.78, 5) is 12.0. The number of hydrogen-bond donors (Lipinski definition) is 2. The number of carbonyl (C=O) groups excluding carboxylic acids is 1. The molecule has 3 aromatic rings. The molecule has 1 amide bonds. The molecule has 0 aliphatic carbocycles. The molecule has 0 heterocycles. The van der Waals surface area contributed by atoms with E-state index in [-0.39, 0.29) is 21.2 Å². The van der Waals surface area contributed by atoms with Crippen LogP contribution in [0.4, 0.5) is 15.8 Å². The number of anilines is 2. The molecular weight excluding hydrogens is 426 g/mol. The summed E-state index contributed by atoms with van der Waals surface area (Å²) in [6.45, 7) is 0. The van der Waals surface area contributed by atoms with Crippen molar-refractivity contribution in [1.29, 1.82) is 0 Å². The first-order chi connectivity index (χ1) is 13.3. The van der Waals surface area contributed by atoms with Gasteiger partial charge in [-0.1, -0.05) is 41.4 Å². The Kier molecular flexibility index (Phi) is 5.88. The summed E-state index contributed by atoms with van der Waals surface area (Å²) in [6.07, 6.45) is 0. The number of sulfonamides is 1. The van der Waals surface area contributed by atoms with E-state index in [0.717, 1.165) is 12.1 Å². The van der Waals surface area contributed by atoms with Crippen LogP contribution in [0.2, 0.25) is 10.0 Å². The van der Waals surface area contributed by atoms with Crippen molar-refractivity contribution in [3.05, 3.63) is 88.2 Å². The summed E-state index contributed by atoms with van der Waals surface area (Å²) in [5.74, 6) is -1.56. The molecule has 0 saturated carbocycles. The van der Waals surface area contributed by atoms with Crippen molar-refractivity contribution in [2.75, 3.05) is 10.0 Å². The lowest BCUT2D eigenvalue weighted by molar-refractivity contribution is 0.102. The molecule has 5 nitrogen and oxygen atoms in total. The summed E-state index contributed by atoms with van der Waals surface area (Å²) in [5.41, 5.74) is 0.264. The number of hydrogen-bond acceptors (Lipinski definition) is 3. The fraction of sp³-hybridized carbons (Fsp3) is 0. The Morgan fingerprint density at radius 3 is 2.29 bits per heavy atom. The number of nitrogens with one attached hydrogen (secondary N) is 2. The third kappa shape index (κ3) is 4.62. The quantitative estimate of drug-likeness (QED) is 0.575. The van der Waals surface area contributed by atoms with E-state index in [1.165, 1.54) is 24.3 Å². The van der Waals surface area contributed by atoms with E-state index in [1.54, 1.807) is 30.3 Å². The maximum atomic E-state index is 14.4. The summed E-state index contributed by atoms with van der Waals surface area (Å²) in [5, 5.41) is 2.82. The van der Waals surface area contributed by atoms with Gasteiger partial charge in [-0.05, 0) is 48.5 Å². The van der Waals surface area contributed by atoms with E-state index >= 15 is 0 Å². The third-order valence-electron chi connectivity index (χ3n) is 3.70. The van der Waals surface area contributed by atoms with Gasteiger partial charge in [-0.3, -0.25) is 9.52 Å². The Hall–Kier alpha value is -2.61. The molecule has 0 aliphatic heterocycles. The van der Waals surface area contributed by atoms with Gasteiger partial charge >= 0.3 is 0 Å². The fourth-order valence-electron chi connectivity index (χ4n) is 2.35. The van der Waals surface area contributed by atoms with Crippen LogP contribution >= 0.6 is 23.2 Å². The third-order valence-corrected chi connectivity index (χ3v) is 5.63. The Labute approximate surface area is 171 Å². The molecule has 0 aromatic heterocycles. The average Bonchev–Trinajstić information content (AvgIpc) is 2.63. The first-order valence-electron chi connectivity index (χ1n) is 7.90. The molecule has 3 aromatic carbocycles. The first kappa shape index (κ1) is 20.1. The van der Waals surface area contributed by atoms with Crippen LogP contribution in [0.15, 0.2) is 71.6 Å². The Morgan fingerprint density at radius 2 is 1.64 bits per heavy atom. The van der Waals surface area contributed by atoms with Gasteiger partial charge in [-0.25, -0.2) is 12.8 Å². The predicted octanol–water partition coefficient (Wildman–Crippen LogP) is 5.19. The average molecular weight is 439 g/mol. The van der Waals surface area contributed by atoms with E-state index in [4.69, 9.17) is 23.2 Å². The Balaban J connectivity index is 1.81. The van der Waals surface area contributed by atoms with E-state index in [2.05, 4.69) is 10.0 Å². The number of para-hydroxylation sites is 1. The lowest BCUT2D eigenvalue weighted by Gasteiger charge is -2.11. The molecule has 3 rings (SSSR count). The summed E-state index contributed by atoms with van der Waals surface area (Å²) < 4.78 is 41.5. The van der Waals surface area contributed by atoms with Gasteiger partial charge in [-0.15, -0.1) is 0 Å². The summed E-state index contributed by atoms with van der Waals surface area (Å²) >= 11 is 11.8. The molecule has 0 unspecified atom stereocenters. The van der Waals surface area contributed by atoms with E-state index in [1.807, 2.05) is 0 Å². The van der Waals surface area contributed by atoms with Crippen molar-refractivity contribution in [3.8, 4) is 0 Å². The molecule has 0 atom stereocenters. The lowest BCUT2D eigenvalue weighted by Crippen LogP contribution is -2.15. The molecule has 0 aliphatic rings. The number of amides is 1. The number of carbonyl (C=O) groups is 1. The van der Waals surface area contributed by atoms with Gasteiger partial charge in [0.1, 0.15) is 5.82 Å². The van der Waals surface area contributed by atoms with Crippen LogP contribution in [0, 0.1) is 5.82 Å². The number of rotatable bonds is 5. The molecular formula is C19H13Cl2FN2O3S. The summed E-state index contributed by atoms with van der Waals surface area (Å²) in [6, 6.07) is 15.6. The SMILES string of the molecule is O=C(Nc1ccc(S(=O)(=O)Nc2ccccc2)cc1F)c1ccc(Cl)cc1Cl. The van der Waals surface area contributed by atoms with E-state index in [0.29, 0.717) is 10.7 Å². The number of benzene rings is 3. The van der Waals surface area contributed by atoms with Gasteiger partial charge < -0.3 is 5.32 Å². The molecule has 0 spiro atoms. The first-order valence-corrected chi connectivity index (χ1v) is 10.1.